The molecular weight excluding hydrogens is 318 g/mol. The first kappa shape index (κ1) is 16.1. The summed E-state index contributed by atoms with van der Waals surface area (Å²) >= 11 is 0. The molecule has 5 nitrogen and oxygen atoms in total. The zero-order chi connectivity index (χ0) is 17.6. The lowest BCUT2D eigenvalue weighted by Crippen LogP contribution is -2.39. The fourth-order valence-corrected chi connectivity index (χ4v) is 4.09. The Morgan fingerprint density at radius 1 is 0.880 bits per heavy atom. The van der Waals surface area contributed by atoms with Crippen LogP contribution >= 0.6 is 0 Å². The molecule has 132 valence electrons. The van der Waals surface area contributed by atoms with Crippen molar-refractivity contribution >= 4 is 0 Å². The van der Waals surface area contributed by atoms with Crippen LogP contribution in [0.1, 0.15) is 28.3 Å². The van der Waals surface area contributed by atoms with Gasteiger partial charge in [0.2, 0.25) is 0 Å². The third-order valence-electron chi connectivity index (χ3n) is 5.40. The SMILES string of the molecule is COc1cc2c(cc1O)C[C@H]1c3cc(OC)c(OC)cc3CCN1C2. The first-order chi connectivity index (χ1) is 12.1. The van der Waals surface area contributed by atoms with E-state index in [0.29, 0.717) is 11.8 Å². The molecule has 1 N–H and O–H groups in total. The van der Waals surface area contributed by atoms with Gasteiger partial charge in [-0.05, 0) is 59.4 Å². The number of hydrogen-bond donors (Lipinski definition) is 1. The summed E-state index contributed by atoms with van der Waals surface area (Å²) in [6.07, 6.45) is 1.87. The maximum Gasteiger partial charge on any atom is 0.161 e. The Morgan fingerprint density at radius 3 is 2.28 bits per heavy atom. The average Bonchev–Trinajstić information content (AvgIpc) is 2.64. The molecule has 0 saturated carbocycles. The molecule has 0 amide bonds. The third kappa shape index (κ3) is 2.59. The Morgan fingerprint density at radius 2 is 1.56 bits per heavy atom. The summed E-state index contributed by atoms with van der Waals surface area (Å²) in [4.78, 5) is 2.49. The molecule has 2 aliphatic heterocycles. The van der Waals surface area contributed by atoms with Crippen LogP contribution in [0, 0.1) is 0 Å². The van der Waals surface area contributed by atoms with E-state index in [1.54, 1.807) is 21.3 Å². The minimum absolute atomic E-state index is 0.207. The number of benzene rings is 2. The second-order valence-electron chi connectivity index (χ2n) is 6.64. The van der Waals surface area contributed by atoms with Gasteiger partial charge < -0.3 is 19.3 Å². The zero-order valence-corrected chi connectivity index (χ0v) is 14.8. The maximum absolute atomic E-state index is 10.1. The lowest BCUT2D eigenvalue weighted by atomic mass is 9.83. The zero-order valence-electron chi connectivity index (χ0n) is 14.8. The number of phenolic OH excluding ortho intramolecular Hbond substituents is 1. The van der Waals surface area contributed by atoms with Gasteiger partial charge in [0, 0.05) is 19.1 Å². The molecule has 2 aliphatic rings. The number of aromatic hydroxyl groups is 1. The summed E-state index contributed by atoms with van der Waals surface area (Å²) in [6, 6.07) is 8.32. The van der Waals surface area contributed by atoms with Crippen LogP contribution in [-0.4, -0.2) is 37.9 Å². The van der Waals surface area contributed by atoms with Crippen molar-refractivity contribution in [3.05, 3.63) is 46.5 Å². The minimum Gasteiger partial charge on any atom is -0.504 e. The number of nitrogens with zero attached hydrogens (tertiary/aromatic N) is 1. The van der Waals surface area contributed by atoms with E-state index in [9.17, 15) is 5.11 Å². The molecule has 25 heavy (non-hydrogen) atoms. The van der Waals surface area contributed by atoms with E-state index in [1.807, 2.05) is 12.1 Å². The molecule has 0 radical (unpaired) electrons. The van der Waals surface area contributed by atoms with Crippen LogP contribution in [0.3, 0.4) is 0 Å². The van der Waals surface area contributed by atoms with Gasteiger partial charge in [-0.25, -0.2) is 0 Å². The highest BCUT2D eigenvalue weighted by atomic mass is 16.5. The topological polar surface area (TPSA) is 51.2 Å². The van der Waals surface area contributed by atoms with E-state index in [-0.39, 0.29) is 5.75 Å². The highest BCUT2D eigenvalue weighted by molar-refractivity contribution is 5.52. The summed E-state index contributed by atoms with van der Waals surface area (Å²) in [5.41, 5.74) is 5.03. The van der Waals surface area contributed by atoms with Crippen molar-refractivity contribution < 1.29 is 19.3 Å². The Labute approximate surface area is 147 Å². The number of rotatable bonds is 3. The summed E-state index contributed by atoms with van der Waals surface area (Å²) in [5.74, 6) is 2.30. The summed E-state index contributed by atoms with van der Waals surface area (Å²) in [6.45, 7) is 1.88. The molecule has 2 aromatic rings. The fourth-order valence-electron chi connectivity index (χ4n) is 4.09. The lowest BCUT2D eigenvalue weighted by Gasteiger charge is -2.41. The van der Waals surface area contributed by atoms with Crippen LogP contribution < -0.4 is 14.2 Å². The molecule has 4 rings (SSSR count). The van der Waals surface area contributed by atoms with Gasteiger partial charge in [0.25, 0.3) is 0 Å². The molecular formula is C20H23NO4. The highest BCUT2D eigenvalue weighted by Crippen LogP contribution is 2.44. The molecule has 2 heterocycles. The van der Waals surface area contributed by atoms with Crippen molar-refractivity contribution in [2.24, 2.45) is 0 Å². The number of phenols is 1. The molecule has 0 spiro atoms. The maximum atomic E-state index is 10.1. The largest absolute Gasteiger partial charge is 0.504 e. The monoisotopic (exact) mass is 341 g/mol. The molecule has 0 aromatic heterocycles. The molecule has 1 atom stereocenters. The van der Waals surface area contributed by atoms with Crippen molar-refractivity contribution in [3.8, 4) is 23.0 Å². The van der Waals surface area contributed by atoms with E-state index >= 15 is 0 Å². The molecule has 2 aromatic carbocycles. The van der Waals surface area contributed by atoms with Crippen LogP contribution in [0.25, 0.3) is 0 Å². The fraction of sp³-hybridized carbons (Fsp3) is 0.400. The smallest absolute Gasteiger partial charge is 0.161 e. The van der Waals surface area contributed by atoms with Gasteiger partial charge in [0.1, 0.15) is 0 Å². The van der Waals surface area contributed by atoms with E-state index < -0.39 is 0 Å². The number of ether oxygens (including phenoxy) is 3. The van der Waals surface area contributed by atoms with Crippen molar-refractivity contribution in [1.29, 1.82) is 0 Å². The van der Waals surface area contributed by atoms with Crippen LogP contribution in [0.4, 0.5) is 0 Å². The molecule has 5 heteroatoms. The van der Waals surface area contributed by atoms with Gasteiger partial charge >= 0.3 is 0 Å². The second-order valence-corrected chi connectivity index (χ2v) is 6.64. The molecule has 0 saturated heterocycles. The molecule has 0 fully saturated rings. The Balaban J connectivity index is 1.75. The Hall–Kier alpha value is -2.40. The molecule has 0 unspecified atom stereocenters. The summed E-state index contributed by atoms with van der Waals surface area (Å²) < 4.78 is 16.2. The second kappa shape index (κ2) is 6.15. The number of fused-ring (bicyclic) bond motifs is 4. The van der Waals surface area contributed by atoms with Gasteiger partial charge in [0.15, 0.2) is 23.0 Å². The van der Waals surface area contributed by atoms with Crippen molar-refractivity contribution in [3.63, 3.8) is 0 Å². The molecule has 0 aliphatic carbocycles. The van der Waals surface area contributed by atoms with Crippen LogP contribution in [0.15, 0.2) is 24.3 Å². The normalized spacial score (nSPS) is 18.8. The van der Waals surface area contributed by atoms with Gasteiger partial charge in [-0.15, -0.1) is 0 Å². The van der Waals surface area contributed by atoms with Crippen molar-refractivity contribution in [2.45, 2.75) is 25.4 Å². The lowest BCUT2D eigenvalue weighted by molar-refractivity contribution is 0.160. The Kier molecular flexibility index (Phi) is 3.96. The minimum atomic E-state index is 0.207. The van der Waals surface area contributed by atoms with E-state index in [2.05, 4.69) is 17.0 Å². The van der Waals surface area contributed by atoms with E-state index in [1.165, 1.54) is 22.3 Å². The van der Waals surface area contributed by atoms with Crippen LogP contribution in [-0.2, 0) is 19.4 Å². The predicted molar refractivity (Wildman–Crippen MR) is 94.8 cm³/mol. The number of hydrogen-bond acceptors (Lipinski definition) is 5. The van der Waals surface area contributed by atoms with Gasteiger partial charge in [0.05, 0.1) is 21.3 Å². The van der Waals surface area contributed by atoms with Gasteiger partial charge in [-0.2, -0.15) is 0 Å². The van der Waals surface area contributed by atoms with Gasteiger partial charge in [-0.1, -0.05) is 0 Å². The standard InChI is InChI=1S/C20H23NO4/c1-23-18-9-14-11-21-5-4-12-8-19(24-2)20(25-3)10-15(12)16(21)6-13(14)7-17(18)22/h7-10,16,22H,4-6,11H2,1-3H3/t16-/m0/s1. The van der Waals surface area contributed by atoms with E-state index in [4.69, 9.17) is 14.2 Å². The van der Waals surface area contributed by atoms with Crippen LogP contribution in [0.5, 0.6) is 23.0 Å². The average molecular weight is 341 g/mol. The highest BCUT2D eigenvalue weighted by Gasteiger charge is 2.33. The van der Waals surface area contributed by atoms with Crippen LogP contribution in [0.2, 0.25) is 0 Å². The third-order valence-corrected chi connectivity index (χ3v) is 5.40. The quantitative estimate of drug-likeness (QED) is 0.930. The summed E-state index contributed by atoms with van der Waals surface area (Å²) in [7, 11) is 4.93. The first-order valence-corrected chi connectivity index (χ1v) is 8.52. The van der Waals surface area contributed by atoms with Crippen molar-refractivity contribution in [2.75, 3.05) is 27.9 Å². The number of methoxy groups -OCH3 is 3. The predicted octanol–water partition coefficient (Wildman–Crippen LogP) is 3.07. The Bertz CT molecular complexity index is 818. The summed E-state index contributed by atoms with van der Waals surface area (Å²) in [5, 5.41) is 10.1. The van der Waals surface area contributed by atoms with E-state index in [0.717, 1.165) is 37.4 Å². The van der Waals surface area contributed by atoms with Crippen molar-refractivity contribution in [1.82, 2.24) is 4.90 Å². The first-order valence-electron chi connectivity index (χ1n) is 8.52. The molecule has 0 bridgehead atoms. The van der Waals surface area contributed by atoms with Gasteiger partial charge in [-0.3, -0.25) is 4.90 Å².